The van der Waals surface area contributed by atoms with E-state index in [0.29, 0.717) is 19.8 Å². The smallest absolute Gasteiger partial charge is 0.271 e. The third-order valence-corrected chi connectivity index (χ3v) is 3.58. The highest BCUT2D eigenvalue weighted by Crippen LogP contribution is 2.23. The summed E-state index contributed by atoms with van der Waals surface area (Å²) in [5, 5.41) is 11.0. The SMILES string of the molecule is O=C(c1cc(Cl)cc([N+](=O)[O-])c1)N1CCOCC1CCl. The van der Waals surface area contributed by atoms with Crippen LogP contribution < -0.4 is 0 Å². The molecule has 6 nitrogen and oxygen atoms in total. The van der Waals surface area contributed by atoms with Crippen LogP contribution in [0.4, 0.5) is 5.69 Å². The summed E-state index contributed by atoms with van der Waals surface area (Å²) in [4.78, 5) is 24.2. The maximum Gasteiger partial charge on any atom is 0.271 e. The number of carbonyl (C=O) groups excluding carboxylic acids is 1. The first-order chi connectivity index (χ1) is 9.52. The number of hydrogen-bond acceptors (Lipinski definition) is 4. The van der Waals surface area contributed by atoms with Gasteiger partial charge in [-0.25, -0.2) is 0 Å². The van der Waals surface area contributed by atoms with Gasteiger partial charge < -0.3 is 9.64 Å². The molecule has 1 unspecified atom stereocenters. The van der Waals surface area contributed by atoms with E-state index in [2.05, 4.69) is 0 Å². The van der Waals surface area contributed by atoms with Crippen molar-refractivity contribution in [2.75, 3.05) is 25.6 Å². The molecule has 0 radical (unpaired) electrons. The molecular formula is C12H12Cl2N2O4. The normalized spacial score (nSPS) is 18.9. The minimum Gasteiger partial charge on any atom is -0.377 e. The number of rotatable bonds is 3. The van der Waals surface area contributed by atoms with Crippen molar-refractivity contribution in [2.45, 2.75) is 6.04 Å². The number of morpholine rings is 1. The molecule has 108 valence electrons. The summed E-state index contributed by atoms with van der Waals surface area (Å²) in [5.41, 5.74) is -0.0299. The quantitative estimate of drug-likeness (QED) is 0.487. The highest BCUT2D eigenvalue weighted by atomic mass is 35.5. The van der Waals surface area contributed by atoms with Crippen LogP contribution in [0.5, 0.6) is 0 Å². The zero-order chi connectivity index (χ0) is 14.7. The molecule has 0 spiro atoms. The summed E-state index contributed by atoms with van der Waals surface area (Å²) < 4.78 is 5.26. The average Bonchev–Trinajstić information content (AvgIpc) is 2.45. The van der Waals surface area contributed by atoms with E-state index in [4.69, 9.17) is 27.9 Å². The maximum absolute atomic E-state index is 12.4. The molecule has 0 aliphatic carbocycles. The van der Waals surface area contributed by atoms with Crippen LogP contribution in [-0.4, -0.2) is 47.4 Å². The van der Waals surface area contributed by atoms with E-state index in [0.717, 1.165) is 0 Å². The predicted octanol–water partition coefficient (Wildman–Crippen LogP) is 2.33. The summed E-state index contributed by atoms with van der Waals surface area (Å²) in [6, 6.07) is 3.60. The Hall–Kier alpha value is -1.37. The third-order valence-electron chi connectivity index (χ3n) is 3.01. The minimum absolute atomic E-state index is 0.151. The van der Waals surface area contributed by atoms with E-state index in [9.17, 15) is 14.9 Å². The lowest BCUT2D eigenvalue weighted by atomic mass is 10.1. The molecule has 1 aliphatic heterocycles. The number of benzene rings is 1. The van der Waals surface area contributed by atoms with Crippen molar-refractivity contribution in [2.24, 2.45) is 0 Å². The van der Waals surface area contributed by atoms with Crippen LogP contribution in [-0.2, 0) is 4.74 Å². The van der Waals surface area contributed by atoms with Crippen molar-refractivity contribution in [1.29, 1.82) is 0 Å². The lowest BCUT2D eigenvalue weighted by Crippen LogP contribution is -2.49. The number of ether oxygens (including phenoxy) is 1. The van der Waals surface area contributed by atoms with Crippen molar-refractivity contribution in [3.05, 3.63) is 38.9 Å². The number of carbonyl (C=O) groups is 1. The second-order valence-corrected chi connectivity index (χ2v) is 5.08. The van der Waals surface area contributed by atoms with Gasteiger partial charge in [-0.1, -0.05) is 11.6 Å². The molecular weight excluding hydrogens is 307 g/mol. The van der Waals surface area contributed by atoms with E-state index < -0.39 is 4.92 Å². The number of halogens is 2. The number of amides is 1. The van der Waals surface area contributed by atoms with Gasteiger partial charge >= 0.3 is 0 Å². The topological polar surface area (TPSA) is 72.7 Å². The number of nitro groups is 1. The van der Waals surface area contributed by atoms with Crippen molar-refractivity contribution in [3.63, 3.8) is 0 Å². The molecule has 20 heavy (non-hydrogen) atoms. The largest absolute Gasteiger partial charge is 0.377 e. The predicted molar refractivity (Wildman–Crippen MR) is 74.5 cm³/mol. The lowest BCUT2D eigenvalue weighted by Gasteiger charge is -2.34. The van der Waals surface area contributed by atoms with Crippen molar-refractivity contribution in [3.8, 4) is 0 Å². The fraction of sp³-hybridized carbons (Fsp3) is 0.417. The molecule has 1 aromatic carbocycles. The van der Waals surface area contributed by atoms with E-state index in [1.807, 2.05) is 0 Å². The molecule has 1 atom stereocenters. The highest BCUT2D eigenvalue weighted by Gasteiger charge is 2.28. The molecule has 1 aromatic rings. The molecule has 0 aromatic heterocycles. The van der Waals surface area contributed by atoms with Crippen LogP contribution in [0.3, 0.4) is 0 Å². The molecule has 1 amide bonds. The molecule has 1 aliphatic rings. The summed E-state index contributed by atoms with van der Waals surface area (Å²) in [6.07, 6.45) is 0. The zero-order valence-electron chi connectivity index (χ0n) is 10.4. The number of non-ortho nitro benzene ring substituents is 1. The Kier molecular flexibility index (Phi) is 4.80. The number of nitro benzene ring substituents is 1. The van der Waals surface area contributed by atoms with Gasteiger partial charge in [0.2, 0.25) is 0 Å². The molecule has 0 saturated carbocycles. The average molecular weight is 319 g/mol. The number of nitrogens with zero attached hydrogens (tertiary/aromatic N) is 2. The molecule has 1 fully saturated rings. The zero-order valence-corrected chi connectivity index (χ0v) is 11.9. The van der Waals surface area contributed by atoms with Crippen molar-refractivity contribution >= 4 is 34.8 Å². The van der Waals surface area contributed by atoms with E-state index in [-0.39, 0.29) is 34.1 Å². The van der Waals surface area contributed by atoms with Gasteiger partial charge in [-0.05, 0) is 6.07 Å². The summed E-state index contributed by atoms with van der Waals surface area (Å²) in [6.45, 7) is 1.18. The van der Waals surface area contributed by atoms with E-state index in [1.165, 1.54) is 18.2 Å². The Labute approximate surface area is 125 Å². The van der Waals surface area contributed by atoms with Gasteiger partial charge in [-0.2, -0.15) is 0 Å². The van der Waals surface area contributed by atoms with Crippen LogP contribution >= 0.6 is 23.2 Å². The first-order valence-corrected chi connectivity index (χ1v) is 6.84. The van der Waals surface area contributed by atoms with Crippen LogP contribution in [0.15, 0.2) is 18.2 Å². The van der Waals surface area contributed by atoms with Crippen LogP contribution in [0, 0.1) is 10.1 Å². The first kappa shape index (κ1) is 15.0. The van der Waals surface area contributed by atoms with Gasteiger partial charge in [-0.15, -0.1) is 11.6 Å². The van der Waals surface area contributed by atoms with Crippen LogP contribution in [0.25, 0.3) is 0 Å². The molecule has 8 heteroatoms. The molecule has 0 bridgehead atoms. The molecule has 2 rings (SSSR count). The first-order valence-electron chi connectivity index (χ1n) is 5.92. The standard InChI is InChI=1S/C12H12Cl2N2O4/c13-6-11-7-20-2-1-15(11)12(17)8-3-9(14)5-10(4-8)16(18)19/h3-5,11H,1-2,6-7H2. The number of alkyl halides is 1. The highest BCUT2D eigenvalue weighted by molar-refractivity contribution is 6.31. The van der Waals surface area contributed by atoms with Crippen LogP contribution in [0.1, 0.15) is 10.4 Å². The second-order valence-electron chi connectivity index (χ2n) is 4.34. The Balaban J connectivity index is 2.30. The summed E-state index contributed by atoms with van der Waals surface area (Å²) in [7, 11) is 0. The fourth-order valence-electron chi connectivity index (χ4n) is 2.02. The molecule has 1 heterocycles. The Morgan fingerprint density at radius 2 is 2.25 bits per heavy atom. The minimum atomic E-state index is -0.582. The van der Waals surface area contributed by atoms with Gasteiger partial charge in [0.15, 0.2) is 0 Å². The fourth-order valence-corrected chi connectivity index (χ4v) is 2.50. The number of hydrogen-bond donors (Lipinski definition) is 0. The van der Waals surface area contributed by atoms with Gasteiger partial charge in [-0.3, -0.25) is 14.9 Å². The van der Waals surface area contributed by atoms with Gasteiger partial charge in [0.1, 0.15) is 0 Å². The van der Waals surface area contributed by atoms with E-state index in [1.54, 1.807) is 4.90 Å². The van der Waals surface area contributed by atoms with Gasteiger partial charge in [0.05, 0.1) is 24.2 Å². The maximum atomic E-state index is 12.4. The van der Waals surface area contributed by atoms with Crippen LogP contribution in [0.2, 0.25) is 5.02 Å². The van der Waals surface area contributed by atoms with E-state index >= 15 is 0 Å². The Morgan fingerprint density at radius 3 is 2.90 bits per heavy atom. The molecule has 1 saturated heterocycles. The van der Waals surface area contributed by atoms with Gasteiger partial charge in [0, 0.05) is 35.1 Å². The van der Waals surface area contributed by atoms with Gasteiger partial charge in [0.25, 0.3) is 11.6 Å². The van der Waals surface area contributed by atoms with Crippen molar-refractivity contribution < 1.29 is 14.5 Å². The lowest BCUT2D eigenvalue weighted by molar-refractivity contribution is -0.384. The summed E-state index contributed by atoms with van der Waals surface area (Å²) in [5.74, 6) is -0.0847. The Bertz CT molecular complexity index is 538. The molecule has 0 N–H and O–H groups in total. The Morgan fingerprint density at radius 1 is 1.50 bits per heavy atom. The third kappa shape index (κ3) is 3.20. The second kappa shape index (κ2) is 6.39. The van der Waals surface area contributed by atoms with Crippen molar-refractivity contribution in [1.82, 2.24) is 4.90 Å². The monoisotopic (exact) mass is 318 g/mol. The summed E-state index contributed by atoms with van der Waals surface area (Å²) >= 11 is 11.6.